The molecular weight excluding hydrogens is 350 g/mol. The van der Waals surface area contributed by atoms with Crippen LogP contribution in [0.2, 0.25) is 0 Å². The minimum Gasteiger partial charge on any atom is -0.423 e. The Morgan fingerprint density at radius 3 is 2.43 bits per heavy atom. The van der Waals surface area contributed by atoms with Gasteiger partial charge in [0.1, 0.15) is 11.4 Å². The molecular formula is C23H19N3O2. The van der Waals surface area contributed by atoms with Crippen LogP contribution in [0.1, 0.15) is 21.5 Å². The van der Waals surface area contributed by atoms with Crippen molar-refractivity contribution in [1.29, 1.82) is 0 Å². The van der Waals surface area contributed by atoms with Gasteiger partial charge in [-0.1, -0.05) is 47.7 Å². The Labute approximate surface area is 163 Å². The summed E-state index contributed by atoms with van der Waals surface area (Å²) in [7, 11) is 0. The van der Waals surface area contributed by atoms with Gasteiger partial charge in [0, 0.05) is 5.56 Å². The van der Waals surface area contributed by atoms with Gasteiger partial charge in [-0.3, -0.25) is 0 Å². The number of hydrogen-bond acceptors (Lipinski definition) is 4. The van der Waals surface area contributed by atoms with Crippen LogP contribution in [0.5, 0.6) is 5.75 Å². The predicted octanol–water partition coefficient (Wildman–Crippen LogP) is 4.77. The second kappa shape index (κ2) is 7.48. The molecule has 0 fully saturated rings. The van der Waals surface area contributed by atoms with Crippen LogP contribution in [-0.2, 0) is 0 Å². The number of ether oxygens (including phenoxy) is 1. The van der Waals surface area contributed by atoms with Gasteiger partial charge in [-0.05, 0) is 55.3 Å². The highest BCUT2D eigenvalue weighted by molar-refractivity contribution is 5.91. The number of para-hydroxylation sites is 1. The van der Waals surface area contributed by atoms with Crippen molar-refractivity contribution in [3.8, 4) is 22.7 Å². The van der Waals surface area contributed by atoms with E-state index in [1.54, 1.807) is 35.0 Å². The molecule has 3 aromatic carbocycles. The predicted molar refractivity (Wildman–Crippen MR) is 108 cm³/mol. The van der Waals surface area contributed by atoms with Gasteiger partial charge in [0.05, 0.1) is 17.4 Å². The number of aromatic nitrogens is 3. The molecule has 4 rings (SSSR count). The van der Waals surface area contributed by atoms with Gasteiger partial charge < -0.3 is 4.74 Å². The summed E-state index contributed by atoms with van der Waals surface area (Å²) in [6.45, 7) is 4.02. The van der Waals surface area contributed by atoms with E-state index in [0.717, 1.165) is 28.1 Å². The summed E-state index contributed by atoms with van der Waals surface area (Å²) in [5, 5.41) is 8.58. The van der Waals surface area contributed by atoms with Crippen LogP contribution in [0.3, 0.4) is 0 Å². The zero-order valence-electron chi connectivity index (χ0n) is 15.7. The Balaban J connectivity index is 1.63. The maximum absolute atomic E-state index is 12.3. The summed E-state index contributed by atoms with van der Waals surface area (Å²) in [6.07, 6.45) is 1.88. The molecule has 0 atom stereocenters. The molecule has 0 aliphatic rings. The van der Waals surface area contributed by atoms with Crippen molar-refractivity contribution < 1.29 is 9.53 Å². The average molecular weight is 369 g/mol. The lowest BCUT2D eigenvalue weighted by Gasteiger charge is -2.08. The van der Waals surface area contributed by atoms with Crippen molar-refractivity contribution in [3.05, 3.63) is 95.7 Å². The van der Waals surface area contributed by atoms with E-state index in [2.05, 4.69) is 10.3 Å². The first kappa shape index (κ1) is 17.7. The van der Waals surface area contributed by atoms with Crippen LogP contribution in [-0.4, -0.2) is 21.0 Å². The summed E-state index contributed by atoms with van der Waals surface area (Å²) in [5.41, 5.74) is 5.22. The second-order valence-electron chi connectivity index (χ2n) is 6.57. The molecule has 4 aromatic rings. The molecule has 1 aromatic heterocycles. The molecule has 0 saturated heterocycles. The zero-order valence-corrected chi connectivity index (χ0v) is 15.7. The van der Waals surface area contributed by atoms with E-state index in [4.69, 9.17) is 4.74 Å². The third-order valence-corrected chi connectivity index (χ3v) is 4.56. The van der Waals surface area contributed by atoms with Gasteiger partial charge in [-0.2, -0.15) is 0 Å². The van der Waals surface area contributed by atoms with Crippen LogP contribution in [0.15, 0.2) is 79.0 Å². The van der Waals surface area contributed by atoms with Gasteiger partial charge in [0.2, 0.25) is 0 Å². The molecule has 28 heavy (non-hydrogen) atoms. The molecule has 5 heteroatoms. The van der Waals surface area contributed by atoms with Crippen LogP contribution in [0.25, 0.3) is 16.9 Å². The Kier molecular flexibility index (Phi) is 4.72. The first-order valence-electron chi connectivity index (χ1n) is 8.98. The smallest absolute Gasteiger partial charge is 0.343 e. The van der Waals surface area contributed by atoms with Crippen LogP contribution in [0.4, 0.5) is 0 Å². The number of aryl methyl sites for hydroxylation is 2. The lowest BCUT2D eigenvalue weighted by molar-refractivity contribution is 0.0735. The lowest BCUT2D eigenvalue weighted by Crippen LogP contribution is -2.08. The molecule has 0 amide bonds. The quantitative estimate of drug-likeness (QED) is 0.384. The van der Waals surface area contributed by atoms with Crippen LogP contribution >= 0.6 is 0 Å². The van der Waals surface area contributed by atoms with Crippen molar-refractivity contribution in [2.45, 2.75) is 13.8 Å². The van der Waals surface area contributed by atoms with Gasteiger partial charge in [0.25, 0.3) is 0 Å². The Hall–Kier alpha value is -3.73. The van der Waals surface area contributed by atoms with E-state index in [-0.39, 0.29) is 5.97 Å². The first-order valence-corrected chi connectivity index (χ1v) is 8.98. The van der Waals surface area contributed by atoms with Gasteiger partial charge in [-0.25, -0.2) is 9.48 Å². The van der Waals surface area contributed by atoms with Gasteiger partial charge in [-0.15, -0.1) is 5.10 Å². The SMILES string of the molecule is Cc1ccc(OC(=O)c2ccccc2)cc1-c1cn(-c2ccccc2C)nn1. The van der Waals surface area contributed by atoms with E-state index in [9.17, 15) is 4.79 Å². The van der Waals surface area contributed by atoms with E-state index in [1.165, 1.54) is 0 Å². The van der Waals surface area contributed by atoms with Crippen molar-refractivity contribution >= 4 is 5.97 Å². The summed E-state index contributed by atoms with van der Waals surface area (Å²) in [6, 6.07) is 22.4. The summed E-state index contributed by atoms with van der Waals surface area (Å²) < 4.78 is 7.29. The largest absolute Gasteiger partial charge is 0.423 e. The van der Waals surface area contributed by atoms with Crippen molar-refractivity contribution in [3.63, 3.8) is 0 Å². The minimum atomic E-state index is -0.390. The fourth-order valence-electron chi connectivity index (χ4n) is 3.01. The fourth-order valence-corrected chi connectivity index (χ4v) is 3.01. The molecule has 5 nitrogen and oxygen atoms in total. The lowest BCUT2D eigenvalue weighted by atomic mass is 10.1. The van der Waals surface area contributed by atoms with E-state index >= 15 is 0 Å². The molecule has 0 aliphatic carbocycles. The Bertz CT molecular complexity index is 1130. The highest BCUT2D eigenvalue weighted by Crippen LogP contribution is 2.27. The first-order chi connectivity index (χ1) is 13.6. The average Bonchev–Trinajstić information content (AvgIpc) is 3.20. The minimum absolute atomic E-state index is 0.390. The summed E-state index contributed by atoms with van der Waals surface area (Å²) >= 11 is 0. The Morgan fingerprint density at radius 2 is 1.64 bits per heavy atom. The number of carbonyl (C=O) groups excluding carboxylic acids is 1. The van der Waals surface area contributed by atoms with Crippen molar-refractivity contribution in [2.75, 3.05) is 0 Å². The molecule has 0 spiro atoms. The van der Waals surface area contributed by atoms with Crippen LogP contribution < -0.4 is 4.74 Å². The zero-order chi connectivity index (χ0) is 19.5. The topological polar surface area (TPSA) is 57.0 Å². The van der Waals surface area contributed by atoms with E-state index in [1.807, 2.05) is 62.5 Å². The molecule has 0 saturated carbocycles. The standard InChI is InChI=1S/C23H19N3O2/c1-16-12-13-19(28-23(27)18-9-4-3-5-10-18)14-20(16)21-15-26(25-24-21)22-11-7-6-8-17(22)2/h3-15H,1-2H3. The second-order valence-corrected chi connectivity index (χ2v) is 6.57. The third-order valence-electron chi connectivity index (χ3n) is 4.56. The normalized spacial score (nSPS) is 10.6. The van der Waals surface area contributed by atoms with Crippen LogP contribution in [0, 0.1) is 13.8 Å². The number of nitrogens with zero attached hydrogens (tertiary/aromatic N) is 3. The molecule has 0 bridgehead atoms. The summed E-state index contributed by atoms with van der Waals surface area (Å²) in [4.78, 5) is 12.3. The van der Waals surface area contributed by atoms with Gasteiger partial charge >= 0.3 is 5.97 Å². The third kappa shape index (κ3) is 3.55. The molecule has 0 radical (unpaired) electrons. The molecule has 0 N–H and O–H groups in total. The van der Waals surface area contributed by atoms with E-state index in [0.29, 0.717) is 11.3 Å². The van der Waals surface area contributed by atoms with Crippen molar-refractivity contribution in [1.82, 2.24) is 15.0 Å². The van der Waals surface area contributed by atoms with E-state index < -0.39 is 0 Å². The maximum Gasteiger partial charge on any atom is 0.343 e. The monoisotopic (exact) mass is 369 g/mol. The molecule has 138 valence electrons. The van der Waals surface area contributed by atoms with Crippen molar-refractivity contribution in [2.24, 2.45) is 0 Å². The number of hydrogen-bond donors (Lipinski definition) is 0. The Morgan fingerprint density at radius 1 is 0.893 bits per heavy atom. The molecule has 0 aliphatic heterocycles. The van der Waals surface area contributed by atoms with Gasteiger partial charge in [0.15, 0.2) is 0 Å². The number of esters is 1. The highest BCUT2D eigenvalue weighted by atomic mass is 16.5. The number of carbonyl (C=O) groups is 1. The highest BCUT2D eigenvalue weighted by Gasteiger charge is 2.13. The molecule has 0 unspecified atom stereocenters. The summed E-state index contributed by atoms with van der Waals surface area (Å²) in [5.74, 6) is 0.0823. The fraction of sp³-hybridized carbons (Fsp3) is 0.0870. The molecule has 1 heterocycles. The number of benzene rings is 3. The number of rotatable bonds is 4. The maximum atomic E-state index is 12.3.